The smallest absolute Gasteiger partial charge is 0.335 e. The van der Waals surface area contributed by atoms with Gasteiger partial charge < -0.3 is 14.8 Å². The van der Waals surface area contributed by atoms with Crippen molar-refractivity contribution in [2.24, 2.45) is 0 Å². The number of aromatic carboxylic acids is 1. The van der Waals surface area contributed by atoms with E-state index in [1.165, 1.54) is 5.56 Å². The first-order valence-electron chi connectivity index (χ1n) is 7.39. The summed E-state index contributed by atoms with van der Waals surface area (Å²) in [5.74, 6) is 0.546. The lowest BCUT2D eigenvalue weighted by atomic mass is 10.1. The highest BCUT2D eigenvalue weighted by Gasteiger charge is 2.08. The molecular weight excluding hydrogens is 326 g/mol. The van der Waals surface area contributed by atoms with Gasteiger partial charge in [0, 0.05) is 12.1 Å². The number of hydrogen-bond donors (Lipinski definition) is 2. The van der Waals surface area contributed by atoms with Crippen LogP contribution in [0.25, 0.3) is 11.3 Å². The van der Waals surface area contributed by atoms with Gasteiger partial charge in [-0.1, -0.05) is 42.5 Å². The van der Waals surface area contributed by atoms with E-state index in [-0.39, 0.29) is 18.0 Å². The summed E-state index contributed by atoms with van der Waals surface area (Å²) in [4.78, 5) is 11.0. The molecule has 0 fully saturated rings. The Labute approximate surface area is 146 Å². The number of rotatable bonds is 6. The van der Waals surface area contributed by atoms with Gasteiger partial charge in [-0.25, -0.2) is 4.79 Å². The molecule has 0 bridgehead atoms. The molecule has 0 saturated carbocycles. The third-order valence-electron chi connectivity index (χ3n) is 3.53. The zero-order chi connectivity index (χ0) is 16.1. The molecule has 0 unspecified atom stereocenters. The van der Waals surface area contributed by atoms with Gasteiger partial charge in [-0.15, -0.1) is 12.4 Å². The highest BCUT2D eigenvalue weighted by Crippen LogP contribution is 2.23. The van der Waals surface area contributed by atoms with Gasteiger partial charge in [0.15, 0.2) is 0 Å². The average molecular weight is 344 g/mol. The Balaban J connectivity index is 0.00000208. The molecule has 124 valence electrons. The monoisotopic (exact) mass is 343 g/mol. The second kappa shape index (κ2) is 8.34. The van der Waals surface area contributed by atoms with Crippen LogP contribution in [0.15, 0.2) is 71.1 Å². The molecule has 0 aliphatic rings. The van der Waals surface area contributed by atoms with Crippen LogP contribution in [0.4, 0.5) is 0 Å². The Morgan fingerprint density at radius 1 is 0.958 bits per heavy atom. The lowest BCUT2D eigenvalue weighted by molar-refractivity contribution is 0.0697. The van der Waals surface area contributed by atoms with Crippen molar-refractivity contribution in [1.29, 1.82) is 0 Å². The summed E-state index contributed by atoms with van der Waals surface area (Å²) in [6.07, 6.45) is 0. The fourth-order valence-corrected chi connectivity index (χ4v) is 2.36. The molecular formula is C19H18ClNO3. The van der Waals surface area contributed by atoms with Crippen LogP contribution in [0.1, 0.15) is 21.7 Å². The molecule has 0 aliphatic heterocycles. The SMILES string of the molecule is Cl.O=C(O)c1cccc(-c2ccc(CNCc3ccccc3)o2)c1. The molecule has 2 N–H and O–H groups in total. The summed E-state index contributed by atoms with van der Waals surface area (Å²) < 4.78 is 5.79. The van der Waals surface area contributed by atoms with E-state index in [2.05, 4.69) is 17.4 Å². The maximum absolute atomic E-state index is 11.0. The van der Waals surface area contributed by atoms with Crippen molar-refractivity contribution in [1.82, 2.24) is 5.32 Å². The quantitative estimate of drug-likeness (QED) is 0.698. The second-order valence-electron chi connectivity index (χ2n) is 5.24. The van der Waals surface area contributed by atoms with E-state index in [9.17, 15) is 4.79 Å². The average Bonchev–Trinajstić information content (AvgIpc) is 3.05. The van der Waals surface area contributed by atoms with Gasteiger partial charge in [-0.2, -0.15) is 0 Å². The predicted octanol–water partition coefficient (Wildman–Crippen LogP) is 4.36. The maximum Gasteiger partial charge on any atom is 0.335 e. The van der Waals surface area contributed by atoms with Crippen LogP contribution in [-0.2, 0) is 13.1 Å². The summed E-state index contributed by atoms with van der Waals surface area (Å²) >= 11 is 0. The Bertz CT molecular complexity index is 799. The molecule has 0 atom stereocenters. The van der Waals surface area contributed by atoms with Crippen LogP contribution in [-0.4, -0.2) is 11.1 Å². The van der Waals surface area contributed by atoms with E-state index in [1.54, 1.807) is 18.2 Å². The Morgan fingerprint density at radius 3 is 2.50 bits per heavy atom. The fourth-order valence-electron chi connectivity index (χ4n) is 2.36. The van der Waals surface area contributed by atoms with Crippen molar-refractivity contribution in [3.05, 3.63) is 83.6 Å². The fraction of sp³-hybridized carbons (Fsp3) is 0.105. The van der Waals surface area contributed by atoms with Crippen LogP contribution in [0.2, 0.25) is 0 Å². The number of nitrogens with one attached hydrogen (secondary N) is 1. The van der Waals surface area contributed by atoms with Crippen LogP contribution >= 0.6 is 12.4 Å². The van der Waals surface area contributed by atoms with E-state index in [4.69, 9.17) is 9.52 Å². The molecule has 2 aromatic carbocycles. The minimum atomic E-state index is -0.942. The van der Waals surface area contributed by atoms with Gasteiger partial charge in [0.25, 0.3) is 0 Å². The molecule has 0 amide bonds. The van der Waals surface area contributed by atoms with Crippen molar-refractivity contribution in [3.63, 3.8) is 0 Å². The molecule has 3 aromatic rings. The van der Waals surface area contributed by atoms with Gasteiger partial charge in [0.05, 0.1) is 12.1 Å². The molecule has 0 radical (unpaired) electrons. The van der Waals surface area contributed by atoms with Crippen molar-refractivity contribution in [3.8, 4) is 11.3 Å². The van der Waals surface area contributed by atoms with Gasteiger partial charge in [0.1, 0.15) is 11.5 Å². The number of carboxylic acid groups (broad SMARTS) is 1. The highest BCUT2D eigenvalue weighted by molar-refractivity contribution is 5.89. The third-order valence-corrected chi connectivity index (χ3v) is 3.53. The van der Waals surface area contributed by atoms with Gasteiger partial charge >= 0.3 is 5.97 Å². The Morgan fingerprint density at radius 2 is 1.75 bits per heavy atom. The van der Waals surface area contributed by atoms with Crippen molar-refractivity contribution in [2.45, 2.75) is 13.1 Å². The molecule has 1 aromatic heterocycles. The van der Waals surface area contributed by atoms with E-state index >= 15 is 0 Å². The molecule has 0 spiro atoms. The summed E-state index contributed by atoms with van der Waals surface area (Å²) in [6.45, 7) is 1.39. The van der Waals surface area contributed by atoms with Gasteiger partial charge in [-0.3, -0.25) is 0 Å². The van der Waals surface area contributed by atoms with Crippen molar-refractivity contribution in [2.75, 3.05) is 0 Å². The lowest BCUT2D eigenvalue weighted by Gasteiger charge is -2.03. The summed E-state index contributed by atoms with van der Waals surface area (Å²) in [6, 6.07) is 20.7. The van der Waals surface area contributed by atoms with Gasteiger partial charge in [0.2, 0.25) is 0 Å². The molecule has 24 heavy (non-hydrogen) atoms. The number of benzene rings is 2. The number of furan rings is 1. The number of halogens is 1. The largest absolute Gasteiger partial charge is 0.478 e. The minimum absolute atomic E-state index is 0. The molecule has 1 heterocycles. The van der Waals surface area contributed by atoms with Gasteiger partial charge in [-0.05, 0) is 29.8 Å². The number of carboxylic acids is 1. The van der Waals surface area contributed by atoms with Crippen molar-refractivity contribution < 1.29 is 14.3 Å². The summed E-state index contributed by atoms with van der Waals surface area (Å²) in [5, 5.41) is 12.4. The van der Waals surface area contributed by atoms with Crippen LogP contribution in [0, 0.1) is 0 Å². The van der Waals surface area contributed by atoms with E-state index in [0.717, 1.165) is 17.9 Å². The third kappa shape index (κ3) is 4.47. The van der Waals surface area contributed by atoms with Crippen LogP contribution < -0.4 is 5.32 Å². The van der Waals surface area contributed by atoms with Crippen molar-refractivity contribution >= 4 is 18.4 Å². The second-order valence-corrected chi connectivity index (χ2v) is 5.24. The summed E-state index contributed by atoms with van der Waals surface area (Å²) in [7, 11) is 0. The normalized spacial score (nSPS) is 10.2. The standard InChI is InChI=1S/C19H17NO3.ClH/c21-19(22)16-8-4-7-15(11-16)18-10-9-17(23-18)13-20-12-14-5-2-1-3-6-14;/h1-11,20H,12-13H2,(H,21,22);1H. The first-order valence-corrected chi connectivity index (χ1v) is 7.39. The zero-order valence-electron chi connectivity index (χ0n) is 12.9. The first-order chi connectivity index (χ1) is 11.2. The summed E-state index contributed by atoms with van der Waals surface area (Å²) in [5.41, 5.74) is 2.23. The minimum Gasteiger partial charge on any atom is -0.478 e. The lowest BCUT2D eigenvalue weighted by Crippen LogP contribution is -2.11. The molecule has 4 nitrogen and oxygen atoms in total. The molecule has 5 heteroatoms. The molecule has 0 saturated heterocycles. The van der Waals surface area contributed by atoms with E-state index in [1.807, 2.05) is 36.4 Å². The molecule has 3 rings (SSSR count). The highest BCUT2D eigenvalue weighted by atomic mass is 35.5. The van der Waals surface area contributed by atoms with E-state index in [0.29, 0.717) is 12.3 Å². The number of hydrogen-bond acceptors (Lipinski definition) is 3. The Hall–Kier alpha value is -2.56. The predicted molar refractivity (Wildman–Crippen MR) is 95.3 cm³/mol. The van der Waals surface area contributed by atoms with Crippen LogP contribution in [0.3, 0.4) is 0 Å². The van der Waals surface area contributed by atoms with E-state index < -0.39 is 5.97 Å². The molecule has 0 aliphatic carbocycles. The zero-order valence-corrected chi connectivity index (χ0v) is 13.8. The maximum atomic E-state index is 11.0. The topological polar surface area (TPSA) is 62.5 Å². The number of carbonyl (C=O) groups is 1. The first kappa shape index (κ1) is 17.8. The van der Waals surface area contributed by atoms with Crippen LogP contribution in [0.5, 0.6) is 0 Å². The Kier molecular flexibility index (Phi) is 6.18.